The molecule has 0 aliphatic heterocycles. The van der Waals surface area contributed by atoms with E-state index < -0.39 is 41.2 Å². The zero-order valence-corrected chi connectivity index (χ0v) is 43.4. The van der Waals surface area contributed by atoms with E-state index in [0.717, 1.165) is 68.5 Å². The predicted molar refractivity (Wildman–Crippen MR) is 299 cm³/mol. The van der Waals surface area contributed by atoms with Crippen LogP contribution in [0.3, 0.4) is 0 Å². The zero-order valence-electron chi connectivity index (χ0n) is 43.4. The van der Waals surface area contributed by atoms with Crippen LogP contribution in [0.2, 0.25) is 0 Å². The second-order valence-corrected chi connectivity index (χ2v) is 19.7. The van der Waals surface area contributed by atoms with Gasteiger partial charge in [0.15, 0.2) is 11.3 Å². The molecule has 0 bridgehead atoms. The molecule has 12 rings (SSSR count). The fourth-order valence-electron chi connectivity index (χ4n) is 9.86. The van der Waals surface area contributed by atoms with E-state index in [1.807, 2.05) is 172 Å². The molecule has 2 atom stereocenters. The van der Waals surface area contributed by atoms with Crippen LogP contribution >= 0.6 is 0 Å². The number of benzene rings is 6. The number of fused-ring (bicyclic) bond motifs is 2. The maximum atomic E-state index is 12.9. The molecule has 16 heteroatoms. The van der Waals surface area contributed by atoms with E-state index in [1.165, 1.54) is 7.11 Å². The molecule has 16 nitrogen and oxygen atoms in total. The minimum atomic E-state index is -0.760. The minimum absolute atomic E-state index is 0.172. The second-order valence-electron chi connectivity index (χ2n) is 19.7. The van der Waals surface area contributed by atoms with Gasteiger partial charge in [-0.25, -0.2) is 28.6 Å². The Morgan fingerprint density at radius 1 is 0.494 bits per heavy atom. The molecule has 0 spiro atoms. The summed E-state index contributed by atoms with van der Waals surface area (Å²) in [6.45, 7) is 3.65. The van der Waals surface area contributed by atoms with Crippen LogP contribution in [0, 0.1) is 0 Å². The van der Waals surface area contributed by atoms with Gasteiger partial charge in [0.1, 0.15) is 35.0 Å². The lowest BCUT2D eigenvalue weighted by Gasteiger charge is -2.14. The van der Waals surface area contributed by atoms with Crippen LogP contribution in [0.25, 0.3) is 56.1 Å². The largest absolute Gasteiger partial charge is 0.481 e. The van der Waals surface area contributed by atoms with Gasteiger partial charge in [0.05, 0.1) is 17.9 Å². The third-order valence-corrected chi connectivity index (χ3v) is 14.7. The number of carboxylic acids is 1. The standard InChI is InChI=1S/C32H28N4O4.C31H26N4O4/c1-21(22-7-4-3-5-8-22)40-31(38)34-28-27(35-36-20-6-19-33-29(28)36)25-11-9-23(10-12-25)24-13-15-26(16-14-24)32(17-18-32)30(37)39-2;1-20(21-6-3-2-4-7-21)39-30(38)33-27-26(34-35-19-5-18-32-28(27)35)24-10-8-22(9-11-24)23-12-14-25(15-13-23)31(16-17-31)29(36)37/h3-16,19-21H,17-18H2,1-2H3,(H,34,38);2-15,18-20H,16-17H2,1H3,(H,33,38)(H,36,37)/t21-;20-/m11/s1. The van der Waals surface area contributed by atoms with Crippen LogP contribution in [-0.4, -0.2) is 65.5 Å². The van der Waals surface area contributed by atoms with Crippen LogP contribution in [0.1, 0.15) is 74.0 Å². The van der Waals surface area contributed by atoms with E-state index in [9.17, 15) is 24.3 Å². The molecule has 2 aliphatic rings. The van der Waals surface area contributed by atoms with Gasteiger partial charge < -0.3 is 19.3 Å². The van der Waals surface area contributed by atoms with E-state index in [2.05, 4.69) is 30.8 Å². The number of esters is 1. The SMILES string of the molecule is COC(=O)C1(c2ccc(-c3ccc(-c4nn5cccnc5c4NC(=O)O[C@H](C)c4ccccc4)cc3)cc2)CC1.C[C@@H](OC(=O)Nc1c(-c2ccc(-c3ccc(C4(C(=O)O)CC4)cc3)cc2)nn2cccnc12)c1ccccc1. The Kier molecular flexibility index (Phi) is 14.0. The number of aliphatic carboxylic acids is 1. The first-order valence-electron chi connectivity index (χ1n) is 25.9. The van der Waals surface area contributed by atoms with Crippen molar-refractivity contribution in [2.75, 3.05) is 17.7 Å². The van der Waals surface area contributed by atoms with Gasteiger partial charge in [-0.1, -0.05) is 158 Å². The highest BCUT2D eigenvalue weighted by atomic mass is 16.6. The molecule has 394 valence electrons. The maximum Gasteiger partial charge on any atom is 0.412 e. The summed E-state index contributed by atoms with van der Waals surface area (Å²) < 4.78 is 19.5. The number of ether oxygens (including phenoxy) is 3. The van der Waals surface area contributed by atoms with E-state index in [1.54, 1.807) is 46.0 Å². The quantitative estimate of drug-likeness (QED) is 0.0688. The van der Waals surface area contributed by atoms with Crippen LogP contribution < -0.4 is 10.6 Å². The summed E-state index contributed by atoms with van der Waals surface area (Å²) in [5.41, 5.74) is 11.2. The lowest BCUT2D eigenvalue weighted by molar-refractivity contribution is -0.143. The number of carbonyl (C=O) groups is 4. The number of carbonyl (C=O) groups excluding carboxylic acids is 3. The Balaban J connectivity index is 0.000000167. The number of nitrogens with zero attached hydrogens (tertiary/aromatic N) is 6. The Hall–Kier alpha value is -9.96. The summed E-state index contributed by atoms with van der Waals surface area (Å²) >= 11 is 0. The monoisotopic (exact) mass is 1050 g/mol. The van der Waals surface area contributed by atoms with Crippen molar-refractivity contribution in [3.63, 3.8) is 0 Å². The topological polar surface area (TPSA) is 201 Å². The lowest BCUT2D eigenvalue weighted by atomic mass is 9.93. The molecule has 79 heavy (non-hydrogen) atoms. The number of amides is 2. The van der Waals surface area contributed by atoms with Crippen LogP contribution in [0.4, 0.5) is 21.0 Å². The second kappa shape index (κ2) is 21.6. The van der Waals surface area contributed by atoms with Gasteiger partial charge in [-0.2, -0.15) is 10.2 Å². The van der Waals surface area contributed by atoms with Gasteiger partial charge in [-0.05, 0) is 96.2 Å². The van der Waals surface area contributed by atoms with Crippen molar-refractivity contribution in [1.29, 1.82) is 0 Å². The first kappa shape index (κ1) is 51.2. The van der Waals surface area contributed by atoms with Gasteiger partial charge in [-0.15, -0.1) is 0 Å². The summed E-state index contributed by atoms with van der Waals surface area (Å²) in [7, 11) is 1.44. The molecule has 0 unspecified atom stereocenters. The van der Waals surface area contributed by atoms with Crippen molar-refractivity contribution in [2.24, 2.45) is 0 Å². The van der Waals surface area contributed by atoms with E-state index >= 15 is 0 Å². The van der Waals surface area contributed by atoms with Gasteiger partial charge in [-0.3, -0.25) is 20.2 Å². The third kappa shape index (κ3) is 10.5. The highest BCUT2D eigenvalue weighted by Gasteiger charge is 2.53. The average Bonchev–Trinajstić information content (AvgIpc) is 4.49. The highest BCUT2D eigenvalue weighted by molar-refractivity contribution is 5.98. The summed E-state index contributed by atoms with van der Waals surface area (Å²) in [5, 5.41) is 24.6. The summed E-state index contributed by atoms with van der Waals surface area (Å²) in [5.74, 6) is -0.932. The van der Waals surface area contributed by atoms with Crippen LogP contribution in [-0.2, 0) is 34.6 Å². The molecule has 2 saturated carbocycles. The number of aromatic nitrogens is 6. The lowest BCUT2D eigenvalue weighted by Crippen LogP contribution is -2.21. The molecule has 3 N–H and O–H groups in total. The zero-order chi connectivity index (χ0) is 54.7. The first-order chi connectivity index (χ1) is 38.4. The molecular weight excluding hydrogens is 997 g/mol. The molecule has 4 heterocycles. The van der Waals surface area contributed by atoms with Crippen molar-refractivity contribution < 1.29 is 38.5 Å². The molecule has 2 aliphatic carbocycles. The molecule has 2 amide bonds. The van der Waals surface area contributed by atoms with E-state index in [4.69, 9.17) is 14.2 Å². The number of hydrogen-bond donors (Lipinski definition) is 3. The van der Waals surface area contributed by atoms with Gasteiger partial charge in [0.25, 0.3) is 0 Å². The van der Waals surface area contributed by atoms with Crippen LogP contribution in [0.5, 0.6) is 0 Å². The Morgan fingerprint density at radius 3 is 1.20 bits per heavy atom. The highest BCUT2D eigenvalue weighted by Crippen LogP contribution is 2.50. The predicted octanol–water partition coefficient (Wildman–Crippen LogP) is 13.1. The number of nitrogens with one attached hydrogen (secondary N) is 2. The molecular formula is C63H54N8O8. The number of hydrogen-bond acceptors (Lipinski definition) is 11. The summed E-state index contributed by atoms with van der Waals surface area (Å²) in [6, 6.07) is 54.2. The van der Waals surface area contributed by atoms with Gasteiger partial charge in [0.2, 0.25) is 0 Å². The first-order valence-corrected chi connectivity index (χ1v) is 25.9. The Morgan fingerprint density at radius 2 is 0.848 bits per heavy atom. The minimum Gasteiger partial charge on any atom is -0.481 e. The van der Waals surface area contributed by atoms with Gasteiger partial charge >= 0.3 is 24.1 Å². The summed E-state index contributed by atoms with van der Waals surface area (Å²) in [6.07, 6.45) is 7.81. The van der Waals surface area contributed by atoms with Crippen LogP contribution in [0.15, 0.2) is 195 Å². The normalized spacial score (nSPS) is 14.4. The molecule has 0 saturated heterocycles. The maximum absolute atomic E-state index is 12.9. The van der Waals surface area contributed by atoms with Gasteiger partial charge in [0, 0.05) is 35.9 Å². The summed E-state index contributed by atoms with van der Waals surface area (Å²) in [4.78, 5) is 58.5. The molecule has 10 aromatic rings. The number of methoxy groups -OCH3 is 1. The smallest absolute Gasteiger partial charge is 0.412 e. The van der Waals surface area contributed by atoms with Crippen molar-refractivity contribution >= 4 is 46.8 Å². The Bertz CT molecular complexity index is 3840. The average molecular weight is 1050 g/mol. The molecule has 0 radical (unpaired) electrons. The van der Waals surface area contributed by atoms with Crippen molar-refractivity contribution in [3.05, 3.63) is 217 Å². The van der Waals surface area contributed by atoms with Crippen molar-refractivity contribution in [2.45, 2.75) is 62.6 Å². The third-order valence-electron chi connectivity index (χ3n) is 14.7. The fraction of sp³-hybridized carbons (Fsp3) is 0.175. The molecule has 2 fully saturated rings. The fourth-order valence-corrected chi connectivity index (χ4v) is 9.86. The number of rotatable bonds is 14. The molecule has 4 aromatic heterocycles. The number of anilines is 2. The Labute approximate surface area is 454 Å². The van der Waals surface area contributed by atoms with E-state index in [0.29, 0.717) is 46.9 Å². The van der Waals surface area contributed by atoms with Crippen molar-refractivity contribution in [3.8, 4) is 44.8 Å². The number of carboxylic acid groups (broad SMARTS) is 1. The van der Waals surface area contributed by atoms with E-state index in [-0.39, 0.29) is 5.97 Å². The van der Waals surface area contributed by atoms with Crippen molar-refractivity contribution in [1.82, 2.24) is 29.2 Å². The molecule has 6 aromatic carbocycles.